The van der Waals surface area contributed by atoms with Crippen molar-refractivity contribution in [3.8, 4) is 0 Å². The third kappa shape index (κ3) is 2.54. The second-order valence-corrected chi connectivity index (χ2v) is 8.06. The minimum atomic E-state index is -3.00. The van der Waals surface area contributed by atoms with Gasteiger partial charge in [0.15, 0.2) is 9.84 Å². The van der Waals surface area contributed by atoms with Crippen LogP contribution in [0.15, 0.2) is 16.8 Å². The van der Waals surface area contributed by atoms with Gasteiger partial charge in [-0.3, -0.25) is 10.1 Å². The van der Waals surface area contributed by atoms with Crippen LogP contribution in [0.25, 0.3) is 0 Å². The quantitative estimate of drug-likeness (QED) is 0.875. The van der Waals surface area contributed by atoms with E-state index in [-0.39, 0.29) is 36.2 Å². The zero-order chi connectivity index (χ0) is 13.5. The molecule has 3 rings (SSSR count). The highest BCUT2D eigenvalue weighted by molar-refractivity contribution is 7.91. The summed E-state index contributed by atoms with van der Waals surface area (Å²) in [7, 11) is -3.00. The largest absolute Gasteiger partial charge is 0.318 e. The molecule has 19 heavy (non-hydrogen) atoms. The third-order valence-electron chi connectivity index (χ3n) is 3.70. The number of nitrogens with one attached hydrogen (secondary N) is 1. The molecule has 1 aromatic rings. The Labute approximate surface area is 116 Å². The fraction of sp³-hybridized carbons (Fsp3) is 0.583. The zero-order valence-electron chi connectivity index (χ0n) is 10.4. The summed E-state index contributed by atoms with van der Waals surface area (Å²) in [6, 6.07) is 1.79. The summed E-state index contributed by atoms with van der Waals surface area (Å²) in [5.74, 6) is 0.349. The SMILES string of the molecule is O=C1CNC(c2ccsc2)N1C1CCCS(=O)(=O)C1. The van der Waals surface area contributed by atoms with Crippen LogP contribution in [0.5, 0.6) is 0 Å². The Morgan fingerprint density at radius 1 is 1.42 bits per heavy atom. The van der Waals surface area contributed by atoms with Crippen LogP contribution in [0.4, 0.5) is 0 Å². The Kier molecular flexibility index (Phi) is 3.36. The van der Waals surface area contributed by atoms with Crippen molar-refractivity contribution in [3.05, 3.63) is 22.4 Å². The summed E-state index contributed by atoms with van der Waals surface area (Å²) in [4.78, 5) is 13.8. The number of thiophene rings is 1. The molecule has 1 aromatic heterocycles. The first-order valence-corrected chi connectivity index (χ1v) is 9.10. The molecule has 2 unspecified atom stereocenters. The molecule has 2 aliphatic rings. The minimum absolute atomic E-state index is 0.00157. The Bertz CT molecular complexity index is 568. The molecule has 0 bridgehead atoms. The van der Waals surface area contributed by atoms with E-state index in [9.17, 15) is 13.2 Å². The highest BCUT2D eigenvalue weighted by atomic mass is 32.2. The number of hydrogen-bond acceptors (Lipinski definition) is 5. The molecule has 2 fully saturated rings. The summed E-state index contributed by atoms with van der Waals surface area (Å²) in [5, 5.41) is 7.14. The van der Waals surface area contributed by atoms with E-state index in [4.69, 9.17) is 0 Å². The maximum absolute atomic E-state index is 12.1. The molecule has 1 amide bonds. The first-order chi connectivity index (χ1) is 9.07. The van der Waals surface area contributed by atoms with E-state index >= 15 is 0 Å². The monoisotopic (exact) mass is 300 g/mol. The highest BCUT2D eigenvalue weighted by Gasteiger charge is 2.40. The Morgan fingerprint density at radius 3 is 2.95 bits per heavy atom. The lowest BCUT2D eigenvalue weighted by Gasteiger charge is -2.34. The molecular formula is C12H16N2O3S2. The normalized spacial score (nSPS) is 30.7. The van der Waals surface area contributed by atoms with Gasteiger partial charge in [0.2, 0.25) is 5.91 Å². The van der Waals surface area contributed by atoms with Crippen LogP contribution >= 0.6 is 11.3 Å². The molecular weight excluding hydrogens is 284 g/mol. The molecule has 0 radical (unpaired) electrons. The van der Waals surface area contributed by atoms with Crippen LogP contribution in [-0.2, 0) is 14.6 Å². The van der Waals surface area contributed by atoms with Crippen LogP contribution in [0.1, 0.15) is 24.6 Å². The van der Waals surface area contributed by atoms with E-state index in [0.29, 0.717) is 6.42 Å². The lowest BCUT2D eigenvalue weighted by Crippen LogP contribution is -2.46. The fourth-order valence-electron chi connectivity index (χ4n) is 2.86. The molecule has 0 aliphatic carbocycles. The maximum atomic E-state index is 12.1. The summed E-state index contributed by atoms with van der Waals surface area (Å²) < 4.78 is 23.5. The van der Waals surface area contributed by atoms with Crippen LogP contribution < -0.4 is 5.32 Å². The number of hydrogen-bond donors (Lipinski definition) is 1. The standard InChI is InChI=1S/C12H16N2O3S2/c15-11-6-13-12(9-3-4-18-7-9)14(11)10-2-1-5-19(16,17)8-10/h3-4,7,10,12-13H,1-2,5-6,8H2. The van der Waals surface area contributed by atoms with Crippen molar-refractivity contribution in [2.75, 3.05) is 18.1 Å². The van der Waals surface area contributed by atoms with Gasteiger partial charge in [0, 0.05) is 6.04 Å². The van der Waals surface area contributed by atoms with Gasteiger partial charge < -0.3 is 4.90 Å². The predicted molar refractivity (Wildman–Crippen MR) is 73.6 cm³/mol. The van der Waals surface area contributed by atoms with Crippen molar-refractivity contribution in [2.24, 2.45) is 0 Å². The molecule has 7 heteroatoms. The first-order valence-electron chi connectivity index (χ1n) is 6.34. The summed E-state index contributed by atoms with van der Waals surface area (Å²) in [5.41, 5.74) is 1.04. The van der Waals surface area contributed by atoms with Gasteiger partial charge in [-0.1, -0.05) is 0 Å². The average Bonchev–Trinajstić information content (AvgIpc) is 2.96. The van der Waals surface area contributed by atoms with Crippen LogP contribution in [-0.4, -0.2) is 43.3 Å². The van der Waals surface area contributed by atoms with Gasteiger partial charge in [0.1, 0.15) is 6.17 Å². The summed E-state index contributed by atoms with van der Waals surface area (Å²) in [6.45, 7) is 0.289. The number of carbonyl (C=O) groups is 1. The van der Waals surface area contributed by atoms with Crippen molar-refractivity contribution < 1.29 is 13.2 Å². The van der Waals surface area contributed by atoms with Gasteiger partial charge in [-0.2, -0.15) is 11.3 Å². The van der Waals surface area contributed by atoms with Crippen molar-refractivity contribution in [1.29, 1.82) is 0 Å². The number of carbonyl (C=O) groups excluding carboxylic acids is 1. The number of nitrogens with zero attached hydrogens (tertiary/aromatic N) is 1. The Morgan fingerprint density at radius 2 is 2.26 bits per heavy atom. The van der Waals surface area contributed by atoms with E-state index in [2.05, 4.69) is 5.32 Å². The van der Waals surface area contributed by atoms with Gasteiger partial charge in [-0.15, -0.1) is 0 Å². The van der Waals surface area contributed by atoms with E-state index in [1.165, 1.54) is 0 Å². The number of rotatable bonds is 2. The van der Waals surface area contributed by atoms with Gasteiger partial charge >= 0.3 is 0 Å². The summed E-state index contributed by atoms with van der Waals surface area (Å²) in [6.07, 6.45) is 1.25. The van der Waals surface area contributed by atoms with E-state index in [1.807, 2.05) is 16.8 Å². The van der Waals surface area contributed by atoms with Crippen LogP contribution in [0, 0.1) is 0 Å². The van der Waals surface area contributed by atoms with Crippen molar-refractivity contribution in [2.45, 2.75) is 25.0 Å². The molecule has 0 saturated carbocycles. The molecule has 0 aromatic carbocycles. The molecule has 2 aliphatic heterocycles. The van der Waals surface area contributed by atoms with Gasteiger partial charge in [0.25, 0.3) is 0 Å². The predicted octanol–water partition coefficient (Wildman–Crippen LogP) is 0.756. The average molecular weight is 300 g/mol. The maximum Gasteiger partial charge on any atom is 0.238 e. The van der Waals surface area contributed by atoms with Gasteiger partial charge in [0.05, 0.1) is 18.1 Å². The second-order valence-electron chi connectivity index (χ2n) is 5.05. The molecule has 104 valence electrons. The van der Waals surface area contributed by atoms with Crippen LogP contribution in [0.3, 0.4) is 0 Å². The number of amides is 1. The first kappa shape index (κ1) is 13.1. The molecule has 5 nitrogen and oxygen atoms in total. The Hall–Kier alpha value is -0.920. The lowest BCUT2D eigenvalue weighted by atomic mass is 10.1. The zero-order valence-corrected chi connectivity index (χ0v) is 12.0. The number of sulfone groups is 1. The van der Waals surface area contributed by atoms with Crippen LogP contribution in [0.2, 0.25) is 0 Å². The third-order valence-corrected chi connectivity index (χ3v) is 6.21. The van der Waals surface area contributed by atoms with E-state index in [0.717, 1.165) is 12.0 Å². The second kappa shape index (κ2) is 4.88. The van der Waals surface area contributed by atoms with E-state index in [1.54, 1.807) is 16.2 Å². The molecule has 0 spiro atoms. The smallest absolute Gasteiger partial charge is 0.238 e. The molecule has 3 heterocycles. The Balaban J connectivity index is 1.86. The molecule has 1 N–H and O–H groups in total. The molecule has 2 atom stereocenters. The van der Waals surface area contributed by atoms with Gasteiger partial charge in [-0.25, -0.2) is 8.42 Å². The molecule has 2 saturated heterocycles. The van der Waals surface area contributed by atoms with Crippen molar-refractivity contribution >= 4 is 27.1 Å². The topological polar surface area (TPSA) is 66.5 Å². The minimum Gasteiger partial charge on any atom is -0.318 e. The highest BCUT2D eigenvalue weighted by Crippen LogP contribution is 2.30. The van der Waals surface area contributed by atoms with Crippen molar-refractivity contribution in [1.82, 2.24) is 10.2 Å². The van der Waals surface area contributed by atoms with E-state index < -0.39 is 9.84 Å². The summed E-state index contributed by atoms with van der Waals surface area (Å²) >= 11 is 1.58. The fourth-order valence-corrected chi connectivity index (χ4v) is 5.22. The van der Waals surface area contributed by atoms with Crippen molar-refractivity contribution in [3.63, 3.8) is 0 Å². The van der Waals surface area contributed by atoms with Gasteiger partial charge in [-0.05, 0) is 35.2 Å². The lowest BCUT2D eigenvalue weighted by molar-refractivity contribution is -0.130.